The van der Waals surface area contributed by atoms with Crippen LogP contribution < -0.4 is 0 Å². The van der Waals surface area contributed by atoms with Crippen LogP contribution in [0.4, 0.5) is 0 Å². The van der Waals surface area contributed by atoms with Crippen LogP contribution >= 0.6 is 0 Å². The van der Waals surface area contributed by atoms with Gasteiger partial charge in [0.05, 0.1) is 0 Å². The fraction of sp³-hybridized carbons (Fsp3) is 0.571. The summed E-state index contributed by atoms with van der Waals surface area (Å²) in [5, 5.41) is 0. The number of benzene rings is 2. The van der Waals surface area contributed by atoms with E-state index in [9.17, 15) is 0 Å². The summed E-state index contributed by atoms with van der Waals surface area (Å²) in [5.74, 6) is 0. The zero-order valence-electron chi connectivity index (χ0n) is 18.9. The van der Waals surface area contributed by atoms with Crippen LogP contribution in [0.1, 0.15) is 81.9 Å². The highest BCUT2D eigenvalue weighted by Gasteiger charge is 2.28. The van der Waals surface area contributed by atoms with Gasteiger partial charge in [-0.2, -0.15) is 0 Å². The molecule has 30 heavy (non-hydrogen) atoms. The fourth-order valence-electron chi connectivity index (χ4n) is 5.77. The fourth-order valence-corrected chi connectivity index (χ4v) is 5.77. The normalized spacial score (nSPS) is 24.6. The highest BCUT2D eigenvalue weighted by atomic mass is 15.2. The second-order valence-electron chi connectivity index (χ2n) is 9.51. The zero-order valence-corrected chi connectivity index (χ0v) is 18.9. The lowest BCUT2D eigenvalue weighted by Crippen LogP contribution is -2.42. The third-order valence-electron chi connectivity index (χ3n) is 7.50. The summed E-state index contributed by atoms with van der Waals surface area (Å²) in [4.78, 5) is 5.57. The van der Waals surface area contributed by atoms with Gasteiger partial charge in [-0.3, -0.25) is 9.80 Å². The van der Waals surface area contributed by atoms with Crippen molar-refractivity contribution in [2.24, 2.45) is 0 Å². The van der Waals surface area contributed by atoms with Crippen molar-refractivity contribution in [3.8, 4) is 0 Å². The molecule has 0 spiro atoms. The number of hydrogen-bond acceptors (Lipinski definition) is 2. The molecular formula is C28H40N2. The molecule has 0 aromatic heterocycles. The second kappa shape index (κ2) is 11.1. The second-order valence-corrected chi connectivity index (χ2v) is 9.51. The van der Waals surface area contributed by atoms with Crippen LogP contribution in [0, 0.1) is 0 Å². The summed E-state index contributed by atoms with van der Waals surface area (Å²) < 4.78 is 0. The van der Waals surface area contributed by atoms with Gasteiger partial charge in [0.25, 0.3) is 0 Å². The molecule has 0 saturated carbocycles. The highest BCUT2D eigenvalue weighted by molar-refractivity contribution is 5.18. The monoisotopic (exact) mass is 404 g/mol. The van der Waals surface area contributed by atoms with E-state index in [1.165, 1.54) is 82.0 Å². The van der Waals surface area contributed by atoms with Crippen LogP contribution in [-0.4, -0.2) is 35.0 Å². The van der Waals surface area contributed by atoms with Crippen LogP contribution in [0.15, 0.2) is 60.7 Å². The van der Waals surface area contributed by atoms with Gasteiger partial charge in [0.2, 0.25) is 0 Å². The lowest BCUT2D eigenvalue weighted by atomic mass is 9.91. The smallest absolute Gasteiger partial charge is 0.0322 e. The molecule has 0 aliphatic carbocycles. The molecule has 2 heteroatoms. The van der Waals surface area contributed by atoms with E-state index in [2.05, 4.69) is 77.4 Å². The first-order chi connectivity index (χ1) is 14.8. The molecule has 0 N–H and O–H groups in total. The highest BCUT2D eigenvalue weighted by Crippen LogP contribution is 2.31. The zero-order chi connectivity index (χ0) is 20.6. The third kappa shape index (κ3) is 5.74. The van der Waals surface area contributed by atoms with Gasteiger partial charge in [-0.05, 0) is 69.7 Å². The van der Waals surface area contributed by atoms with Gasteiger partial charge in [0.15, 0.2) is 0 Å². The Morgan fingerprint density at radius 2 is 1.40 bits per heavy atom. The predicted molar refractivity (Wildman–Crippen MR) is 128 cm³/mol. The maximum atomic E-state index is 2.81. The Balaban J connectivity index is 1.31. The Labute approximate surface area is 184 Å². The summed E-state index contributed by atoms with van der Waals surface area (Å²) in [6.07, 6.45) is 12.4. The minimum atomic E-state index is 0.542. The van der Waals surface area contributed by atoms with E-state index < -0.39 is 0 Å². The number of piperidine rings is 2. The molecule has 0 radical (unpaired) electrons. The van der Waals surface area contributed by atoms with Crippen LogP contribution in [0.3, 0.4) is 0 Å². The summed E-state index contributed by atoms with van der Waals surface area (Å²) in [5.41, 5.74) is 2.95. The molecule has 2 heterocycles. The summed E-state index contributed by atoms with van der Waals surface area (Å²) in [7, 11) is 0. The average molecular weight is 405 g/mol. The Bertz CT molecular complexity index is 729. The minimum Gasteiger partial charge on any atom is -0.296 e. The van der Waals surface area contributed by atoms with Crippen molar-refractivity contribution >= 4 is 0 Å². The summed E-state index contributed by atoms with van der Waals surface area (Å²) in [6.45, 7) is 6.09. The maximum Gasteiger partial charge on any atom is 0.0322 e. The first-order valence-electron chi connectivity index (χ1n) is 12.4. The Kier molecular flexibility index (Phi) is 8.00. The van der Waals surface area contributed by atoms with Crippen LogP contribution in [0.25, 0.3) is 0 Å². The molecule has 3 unspecified atom stereocenters. The topological polar surface area (TPSA) is 6.48 Å². The van der Waals surface area contributed by atoms with Crippen molar-refractivity contribution in [2.75, 3.05) is 13.1 Å². The van der Waals surface area contributed by atoms with E-state index in [4.69, 9.17) is 0 Å². The molecule has 2 fully saturated rings. The Morgan fingerprint density at radius 3 is 2.17 bits per heavy atom. The van der Waals surface area contributed by atoms with Gasteiger partial charge in [-0.1, -0.05) is 79.9 Å². The summed E-state index contributed by atoms with van der Waals surface area (Å²) in [6, 6.07) is 24.3. The van der Waals surface area contributed by atoms with Crippen molar-refractivity contribution in [1.82, 2.24) is 9.80 Å². The van der Waals surface area contributed by atoms with Crippen molar-refractivity contribution in [3.05, 3.63) is 71.8 Å². The molecule has 2 nitrogen and oxygen atoms in total. The molecule has 3 atom stereocenters. The number of nitrogens with zero attached hydrogens (tertiary/aromatic N) is 2. The number of hydrogen-bond donors (Lipinski definition) is 0. The number of rotatable bonds is 8. The van der Waals surface area contributed by atoms with Crippen molar-refractivity contribution in [3.63, 3.8) is 0 Å². The van der Waals surface area contributed by atoms with Crippen molar-refractivity contribution < 1.29 is 0 Å². The molecule has 2 aliphatic rings. The standard InChI is InChI=1S/C28H40N2/c1-24(26-15-6-3-7-16-26)30-22-11-9-18-28(30)20-12-19-27-17-8-10-21-29(27)23-25-13-4-2-5-14-25/h2-7,13-16,24,27-28H,8-12,17-23H2,1H3. The number of likely N-dealkylation sites (tertiary alicyclic amines) is 2. The van der Waals surface area contributed by atoms with E-state index in [-0.39, 0.29) is 0 Å². The molecular weight excluding hydrogens is 364 g/mol. The maximum absolute atomic E-state index is 2.81. The van der Waals surface area contributed by atoms with Crippen LogP contribution in [0.2, 0.25) is 0 Å². The predicted octanol–water partition coefficient (Wildman–Crippen LogP) is 6.83. The molecule has 2 aromatic rings. The van der Waals surface area contributed by atoms with Crippen LogP contribution in [0.5, 0.6) is 0 Å². The van der Waals surface area contributed by atoms with Gasteiger partial charge in [0, 0.05) is 24.7 Å². The van der Waals surface area contributed by atoms with Gasteiger partial charge in [0.1, 0.15) is 0 Å². The van der Waals surface area contributed by atoms with Crippen molar-refractivity contribution in [1.29, 1.82) is 0 Å². The van der Waals surface area contributed by atoms with E-state index in [0.717, 1.165) is 18.6 Å². The van der Waals surface area contributed by atoms with Crippen molar-refractivity contribution in [2.45, 2.75) is 89.4 Å². The molecule has 0 amide bonds. The molecule has 2 aliphatic heterocycles. The third-order valence-corrected chi connectivity index (χ3v) is 7.50. The Morgan fingerprint density at radius 1 is 0.767 bits per heavy atom. The quantitative estimate of drug-likeness (QED) is 0.476. The summed E-state index contributed by atoms with van der Waals surface area (Å²) >= 11 is 0. The molecule has 0 bridgehead atoms. The van der Waals surface area contributed by atoms with E-state index in [0.29, 0.717) is 6.04 Å². The lowest BCUT2D eigenvalue weighted by molar-refractivity contribution is 0.0875. The van der Waals surface area contributed by atoms with Gasteiger partial charge in [-0.25, -0.2) is 0 Å². The largest absolute Gasteiger partial charge is 0.296 e. The molecule has 2 saturated heterocycles. The van der Waals surface area contributed by atoms with Gasteiger partial charge < -0.3 is 0 Å². The van der Waals surface area contributed by atoms with Gasteiger partial charge in [-0.15, -0.1) is 0 Å². The lowest BCUT2D eigenvalue weighted by Gasteiger charge is -2.41. The van der Waals surface area contributed by atoms with Gasteiger partial charge >= 0.3 is 0 Å². The van der Waals surface area contributed by atoms with E-state index in [1.807, 2.05) is 0 Å². The minimum absolute atomic E-state index is 0.542. The molecule has 162 valence electrons. The first-order valence-corrected chi connectivity index (χ1v) is 12.4. The van der Waals surface area contributed by atoms with Crippen LogP contribution in [-0.2, 0) is 6.54 Å². The van der Waals surface area contributed by atoms with E-state index >= 15 is 0 Å². The first kappa shape index (κ1) is 21.6. The molecule has 4 rings (SSSR count). The van der Waals surface area contributed by atoms with E-state index in [1.54, 1.807) is 0 Å². The average Bonchev–Trinajstić information content (AvgIpc) is 2.81. The Hall–Kier alpha value is -1.64. The SMILES string of the molecule is CC(c1ccccc1)N1CCCCC1CCCC1CCCCN1Cc1ccccc1. The molecule has 2 aromatic carbocycles.